The smallest absolute Gasteiger partial charge is 0.260 e. The van der Waals surface area contributed by atoms with E-state index in [1.807, 2.05) is 6.92 Å². The highest BCUT2D eigenvalue weighted by molar-refractivity contribution is 6.07. The molecular weight excluding hydrogens is 270 g/mol. The number of rotatable bonds is 1. The van der Waals surface area contributed by atoms with E-state index in [4.69, 9.17) is 0 Å². The number of likely N-dealkylation sites (tertiary alicyclic amines) is 1. The first-order valence-corrected chi connectivity index (χ1v) is 7.13. The molecule has 0 spiro atoms. The van der Waals surface area contributed by atoms with Gasteiger partial charge in [0.1, 0.15) is 0 Å². The summed E-state index contributed by atoms with van der Waals surface area (Å²) in [5.74, 6) is -0.143. The molecule has 6 heteroatoms. The Kier molecular flexibility index (Phi) is 3.33. The lowest BCUT2D eigenvalue weighted by atomic mass is 10.1. The number of aromatic amines is 1. The van der Waals surface area contributed by atoms with Gasteiger partial charge in [-0.25, -0.2) is 0 Å². The van der Waals surface area contributed by atoms with Crippen molar-refractivity contribution in [3.8, 4) is 0 Å². The zero-order valence-electron chi connectivity index (χ0n) is 12.2. The molecule has 6 nitrogen and oxygen atoms in total. The molecule has 0 aromatic carbocycles. The molecular formula is C15H19N3O3. The van der Waals surface area contributed by atoms with Gasteiger partial charge in [0.05, 0.1) is 22.6 Å². The number of aliphatic hydroxyl groups excluding tert-OH is 1. The fourth-order valence-corrected chi connectivity index (χ4v) is 2.95. The zero-order chi connectivity index (χ0) is 15.1. The highest BCUT2D eigenvalue weighted by atomic mass is 16.3. The van der Waals surface area contributed by atoms with Crippen LogP contribution in [-0.2, 0) is 7.05 Å². The summed E-state index contributed by atoms with van der Waals surface area (Å²) in [4.78, 5) is 29.7. The van der Waals surface area contributed by atoms with Crippen molar-refractivity contribution in [1.82, 2.24) is 14.5 Å². The minimum absolute atomic E-state index is 0.143. The number of carbonyl (C=O) groups is 1. The van der Waals surface area contributed by atoms with Gasteiger partial charge in [-0.1, -0.05) is 0 Å². The summed E-state index contributed by atoms with van der Waals surface area (Å²) < 4.78 is 1.50. The van der Waals surface area contributed by atoms with Crippen molar-refractivity contribution in [2.45, 2.75) is 25.9 Å². The number of carbonyl (C=O) groups excluding carboxylic acids is 1. The van der Waals surface area contributed by atoms with Crippen molar-refractivity contribution in [3.05, 3.63) is 33.9 Å². The minimum Gasteiger partial charge on any atom is -0.393 e. The topological polar surface area (TPSA) is 78.3 Å². The van der Waals surface area contributed by atoms with E-state index < -0.39 is 0 Å². The summed E-state index contributed by atoms with van der Waals surface area (Å²) in [7, 11) is 1.69. The highest BCUT2D eigenvalue weighted by Crippen LogP contribution is 2.21. The fourth-order valence-electron chi connectivity index (χ4n) is 2.95. The molecule has 0 aliphatic carbocycles. The summed E-state index contributed by atoms with van der Waals surface area (Å²) in [5, 5.41) is 9.98. The van der Waals surface area contributed by atoms with Gasteiger partial charge in [-0.2, -0.15) is 0 Å². The maximum absolute atomic E-state index is 12.6. The van der Waals surface area contributed by atoms with E-state index in [1.165, 1.54) is 4.57 Å². The quantitative estimate of drug-likeness (QED) is 0.814. The fraction of sp³-hybridized carbons (Fsp3) is 0.467. The molecule has 0 atom stereocenters. The maximum atomic E-state index is 12.6. The van der Waals surface area contributed by atoms with Gasteiger partial charge in [0, 0.05) is 32.5 Å². The summed E-state index contributed by atoms with van der Waals surface area (Å²) in [6.07, 6.45) is 4.22. The maximum Gasteiger partial charge on any atom is 0.260 e. The van der Waals surface area contributed by atoms with Gasteiger partial charge in [-0.3, -0.25) is 9.59 Å². The van der Waals surface area contributed by atoms with Gasteiger partial charge >= 0.3 is 0 Å². The molecule has 0 saturated carbocycles. The standard InChI is InChI=1S/C15H19N3O3/c1-9-8-17(2)15(21)12-11(7-16-13(9)12)14(20)18-5-3-10(19)4-6-18/h7-8,10,16,19H,3-6H2,1-2H3. The number of hydrogen-bond donors (Lipinski definition) is 2. The number of aliphatic hydroxyl groups is 1. The van der Waals surface area contributed by atoms with E-state index in [0.717, 1.165) is 11.1 Å². The molecule has 3 rings (SSSR count). The Bertz CT molecular complexity index is 751. The van der Waals surface area contributed by atoms with Gasteiger partial charge in [0.2, 0.25) is 0 Å². The SMILES string of the molecule is Cc1cn(C)c(=O)c2c(C(=O)N3CCC(O)CC3)c[nH]c12. The molecule has 112 valence electrons. The van der Waals surface area contributed by atoms with Crippen LogP contribution in [0, 0.1) is 6.92 Å². The third-order valence-corrected chi connectivity index (χ3v) is 4.18. The molecule has 2 aromatic heterocycles. The lowest BCUT2D eigenvalue weighted by Crippen LogP contribution is -2.40. The Hall–Kier alpha value is -2.08. The Labute approximate surface area is 122 Å². The summed E-state index contributed by atoms with van der Waals surface area (Å²) in [6, 6.07) is 0. The van der Waals surface area contributed by atoms with Crippen LogP contribution in [0.1, 0.15) is 28.8 Å². The highest BCUT2D eigenvalue weighted by Gasteiger charge is 2.25. The zero-order valence-corrected chi connectivity index (χ0v) is 12.2. The number of H-pyrrole nitrogens is 1. The molecule has 21 heavy (non-hydrogen) atoms. The third kappa shape index (κ3) is 2.25. The lowest BCUT2D eigenvalue weighted by molar-refractivity contribution is 0.0548. The van der Waals surface area contributed by atoms with E-state index >= 15 is 0 Å². The van der Waals surface area contributed by atoms with Gasteiger partial charge in [0.15, 0.2) is 0 Å². The van der Waals surface area contributed by atoms with Crippen LogP contribution in [0.5, 0.6) is 0 Å². The number of piperidine rings is 1. The first kappa shape index (κ1) is 13.9. The van der Waals surface area contributed by atoms with Crippen LogP contribution in [0.25, 0.3) is 10.9 Å². The molecule has 2 aromatic rings. The first-order valence-electron chi connectivity index (χ1n) is 7.13. The van der Waals surface area contributed by atoms with Crippen LogP contribution < -0.4 is 5.56 Å². The van der Waals surface area contributed by atoms with Gasteiger partial charge < -0.3 is 19.6 Å². The predicted octanol–water partition coefficient (Wildman–Crippen LogP) is 0.772. The molecule has 1 fully saturated rings. The number of nitrogens with zero attached hydrogens (tertiary/aromatic N) is 2. The van der Waals surface area contributed by atoms with Crippen molar-refractivity contribution >= 4 is 16.8 Å². The van der Waals surface area contributed by atoms with Crippen molar-refractivity contribution in [3.63, 3.8) is 0 Å². The molecule has 1 aliphatic heterocycles. The van der Waals surface area contributed by atoms with Crippen LogP contribution in [-0.4, -0.2) is 44.7 Å². The van der Waals surface area contributed by atoms with Crippen molar-refractivity contribution in [2.24, 2.45) is 7.05 Å². The number of amides is 1. The van der Waals surface area contributed by atoms with E-state index in [-0.39, 0.29) is 17.6 Å². The molecule has 0 radical (unpaired) electrons. The second-order valence-corrected chi connectivity index (χ2v) is 5.70. The Balaban J connectivity index is 2.05. The average molecular weight is 289 g/mol. The van der Waals surface area contributed by atoms with E-state index in [0.29, 0.717) is 36.9 Å². The second kappa shape index (κ2) is 5.04. The molecule has 2 N–H and O–H groups in total. The molecule has 0 bridgehead atoms. The molecule has 1 amide bonds. The van der Waals surface area contributed by atoms with Gasteiger partial charge in [0.25, 0.3) is 11.5 Å². The molecule has 3 heterocycles. The van der Waals surface area contributed by atoms with Crippen molar-refractivity contribution in [1.29, 1.82) is 0 Å². The lowest BCUT2D eigenvalue weighted by Gasteiger charge is -2.29. The van der Waals surface area contributed by atoms with Gasteiger partial charge in [-0.15, -0.1) is 0 Å². The summed E-state index contributed by atoms with van der Waals surface area (Å²) >= 11 is 0. The number of nitrogens with one attached hydrogen (secondary N) is 1. The van der Waals surface area contributed by atoms with Crippen LogP contribution >= 0.6 is 0 Å². The van der Waals surface area contributed by atoms with Crippen LogP contribution in [0.15, 0.2) is 17.2 Å². The van der Waals surface area contributed by atoms with E-state index in [9.17, 15) is 14.7 Å². The number of aromatic nitrogens is 2. The summed E-state index contributed by atoms with van der Waals surface area (Å²) in [5.41, 5.74) is 1.90. The van der Waals surface area contributed by atoms with E-state index in [2.05, 4.69) is 4.98 Å². The number of fused-ring (bicyclic) bond motifs is 1. The van der Waals surface area contributed by atoms with Crippen molar-refractivity contribution in [2.75, 3.05) is 13.1 Å². The molecule has 1 saturated heterocycles. The molecule has 1 aliphatic rings. The van der Waals surface area contributed by atoms with Crippen LogP contribution in [0.3, 0.4) is 0 Å². The van der Waals surface area contributed by atoms with E-state index in [1.54, 1.807) is 24.3 Å². The summed E-state index contributed by atoms with van der Waals surface area (Å²) in [6.45, 7) is 2.96. The molecule has 0 unspecified atom stereocenters. The largest absolute Gasteiger partial charge is 0.393 e. The number of pyridine rings is 1. The Morgan fingerprint density at radius 1 is 1.38 bits per heavy atom. The third-order valence-electron chi connectivity index (χ3n) is 4.18. The number of hydrogen-bond acceptors (Lipinski definition) is 3. The van der Waals surface area contributed by atoms with Crippen LogP contribution in [0.2, 0.25) is 0 Å². The average Bonchev–Trinajstić information content (AvgIpc) is 2.90. The first-order chi connectivity index (χ1) is 9.99. The Morgan fingerprint density at radius 2 is 2.05 bits per heavy atom. The number of aryl methyl sites for hydroxylation is 2. The normalized spacial score (nSPS) is 16.6. The monoisotopic (exact) mass is 289 g/mol. The second-order valence-electron chi connectivity index (χ2n) is 5.70. The van der Waals surface area contributed by atoms with Crippen molar-refractivity contribution < 1.29 is 9.90 Å². The van der Waals surface area contributed by atoms with Crippen LogP contribution in [0.4, 0.5) is 0 Å². The predicted molar refractivity (Wildman–Crippen MR) is 79.4 cm³/mol. The minimum atomic E-state index is -0.327. The van der Waals surface area contributed by atoms with Gasteiger partial charge in [-0.05, 0) is 25.3 Å². The Morgan fingerprint density at radius 3 is 2.71 bits per heavy atom.